The van der Waals surface area contributed by atoms with Crippen molar-refractivity contribution in [3.63, 3.8) is 0 Å². The highest BCUT2D eigenvalue weighted by atomic mass is 19.1. The van der Waals surface area contributed by atoms with E-state index in [0.29, 0.717) is 19.6 Å². The molecule has 0 saturated carbocycles. The van der Waals surface area contributed by atoms with Crippen molar-refractivity contribution in [3.8, 4) is 11.5 Å². The largest absolute Gasteiger partial charge is 0.488 e. The molecule has 0 saturated heterocycles. The molecule has 0 heterocycles. The molecule has 0 bridgehead atoms. The van der Waals surface area contributed by atoms with Gasteiger partial charge in [0, 0.05) is 6.54 Å². The van der Waals surface area contributed by atoms with Crippen LogP contribution in [0.4, 0.5) is 4.39 Å². The van der Waals surface area contributed by atoms with Crippen molar-refractivity contribution in [2.45, 2.75) is 38.9 Å². The molecular formula is C23H30FNO7. The summed E-state index contributed by atoms with van der Waals surface area (Å²) in [5.74, 6) is -2.44. The van der Waals surface area contributed by atoms with Crippen LogP contribution in [0.3, 0.4) is 0 Å². The van der Waals surface area contributed by atoms with Crippen LogP contribution in [0.5, 0.6) is 11.5 Å². The van der Waals surface area contributed by atoms with Crippen LogP contribution in [0.1, 0.15) is 38.4 Å². The van der Waals surface area contributed by atoms with Gasteiger partial charge in [0.05, 0.1) is 12.2 Å². The average molecular weight is 451 g/mol. The fourth-order valence-electron chi connectivity index (χ4n) is 2.55. The van der Waals surface area contributed by atoms with Crippen molar-refractivity contribution in [3.05, 3.63) is 59.9 Å². The highest BCUT2D eigenvalue weighted by molar-refractivity contribution is 6.27. The number of aliphatic carboxylic acids is 2. The first kappa shape index (κ1) is 26.9. The summed E-state index contributed by atoms with van der Waals surface area (Å²) < 4.78 is 24.4. The van der Waals surface area contributed by atoms with Gasteiger partial charge in [-0.15, -0.1) is 0 Å². The van der Waals surface area contributed by atoms with Crippen molar-refractivity contribution < 1.29 is 38.8 Å². The monoisotopic (exact) mass is 451 g/mol. The number of hydrogen-bond donors (Lipinski definition) is 4. The van der Waals surface area contributed by atoms with Crippen molar-refractivity contribution in [1.29, 1.82) is 0 Å². The molecule has 0 fully saturated rings. The van der Waals surface area contributed by atoms with Crippen LogP contribution in [0, 0.1) is 5.82 Å². The lowest BCUT2D eigenvalue weighted by Gasteiger charge is -2.15. The van der Waals surface area contributed by atoms with E-state index in [0.717, 1.165) is 30.0 Å². The fourth-order valence-corrected chi connectivity index (χ4v) is 2.55. The summed E-state index contributed by atoms with van der Waals surface area (Å²) in [6.07, 6.45) is 0.995. The first-order valence-electron chi connectivity index (χ1n) is 10.2. The van der Waals surface area contributed by atoms with Gasteiger partial charge in [-0.2, -0.15) is 0 Å². The second-order valence-corrected chi connectivity index (χ2v) is 7.03. The lowest BCUT2D eigenvalue weighted by atomic mass is 10.1. The molecule has 0 amide bonds. The Labute approximate surface area is 186 Å². The molecule has 1 unspecified atom stereocenters. The van der Waals surface area contributed by atoms with Crippen LogP contribution in [0.25, 0.3) is 0 Å². The number of hydrogen-bond acceptors (Lipinski definition) is 6. The van der Waals surface area contributed by atoms with Crippen LogP contribution in [-0.4, -0.2) is 53.1 Å². The molecule has 32 heavy (non-hydrogen) atoms. The quantitative estimate of drug-likeness (QED) is 0.303. The van der Waals surface area contributed by atoms with Crippen molar-refractivity contribution in [1.82, 2.24) is 5.32 Å². The summed E-state index contributed by atoms with van der Waals surface area (Å²) in [5.41, 5.74) is 0.747. The predicted octanol–water partition coefficient (Wildman–Crippen LogP) is 3.25. The van der Waals surface area contributed by atoms with E-state index in [-0.39, 0.29) is 11.9 Å². The second-order valence-electron chi connectivity index (χ2n) is 7.03. The molecule has 0 aliphatic carbocycles. The first-order chi connectivity index (χ1) is 15.2. The summed E-state index contributed by atoms with van der Waals surface area (Å²) >= 11 is 0. The SMILES string of the molecule is CC(C)Oc1ccccc1OCCNCCCC(O)c1ccc(F)cc1.O=C(O)C(=O)O. The Kier molecular flexibility index (Phi) is 12.4. The summed E-state index contributed by atoms with van der Waals surface area (Å²) in [4.78, 5) is 18.2. The Bertz CT molecular complexity index is 815. The Balaban J connectivity index is 0.000000751. The normalized spacial score (nSPS) is 11.3. The number of ether oxygens (including phenoxy) is 2. The van der Waals surface area contributed by atoms with E-state index < -0.39 is 18.0 Å². The summed E-state index contributed by atoms with van der Waals surface area (Å²) in [7, 11) is 0. The topological polar surface area (TPSA) is 125 Å². The number of nitrogens with one attached hydrogen (secondary N) is 1. The number of carbonyl (C=O) groups is 2. The maximum Gasteiger partial charge on any atom is 0.414 e. The standard InChI is InChI=1S/C21H28FNO3.C2H2O4/c1-16(2)26-21-8-4-3-7-20(21)25-15-14-23-13-5-6-19(24)17-9-11-18(22)12-10-17;3-1(4)2(5)6/h3-4,7-12,16,19,23-24H,5-6,13-15H2,1-2H3;(H,3,4)(H,5,6). The highest BCUT2D eigenvalue weighted by Crippen LogP contribution is 2.27. The van der Waals surface area contributed by atoms with Gasteiger partial charge in [-0.25, -0.2) is 14.0 Å². The molecule has 0 aromatic heterocycles. The zero-order valence-corrected chi connectivity index (χ0v) is 18.2. The molecule has 1 atom stereocenters. The highest BCUT2D eigenvalue weighted by Gasteiger charge is 2.08. The van der Waals surface area contributed by atoms with E-state index in [1.807, 2.05) is 38.1 Å². The molecule has 9 heteroatoms. The van der Waals surface area contributed by atoms with E-state index in [2.05, 4.69) is 5.32 Å². The molecule has 0 aliphatic rings. The predicted molar refractivity (Wildman–Crippen MR) is 116 cm³/mol. The number of rotatable bonds is 11. The van der Waals surface area contributed by atoms with Crippen LogP contribution in [0.15, 0.2) is 48.5 Å². The number of carboxylic acids is 2. The minimum absolute atomic E-state index is 0.102. The van der Waals surface area contributed by atoms with Crippen LogP contribution < -0.4 is 14.8 Å². The lowest BCUT2D eigenvalue weighted by Crippen LogP contribution is -2.22. The van der Waals surface area contributed by atoms with Crippen molar-refractivity contribution in [2.75, 3.05) is 19.7 Å². The molecule has 2 aromatic carbocycles. The van der Waals surface area contributed by atoms with Gasteiger partial charge in [0.2, 0.25) is 0 Å². The summed E-state index contributed by atoms with van der Waals surface area (Å²) in [5, 5.41) is 28.2. The maximum atomic E-state index is 12.9. The Morgan fingerprint density at radius 3 is 2.12 bits per heavy atom. The smallest absolute Gasteiger partial charge is 0.414 e. The van der Waals surface area contributed by atoms with E-state index in [4.69, 9.17) is 29.3 Å². The van der Waals surface area contributed by atoms with Gasteiger partial charge in [-0.1, -0.05) is 24.3 Å². The van der Waals surface area contributed by atoms with Gasteiger partial charge in [0.15, 0.2) is 11.5 Å². The maximum absolute atomic E-state index is 12.9. The molecule has 0 spiro atoms. The molecule has 0 radical (unpaired) electrons. The Hall–Kier alpha value is -3.17. The molecular weight excluding hydrogens is 421 g/mol. The lowest BCUT2D eigenvalue weighted by molar-refractivity contribution is -0.159. The van der Waals surface area contributed by atoms with Gasteiger partial charge in [-0.05, 0) is 63.1 Å². The van der Waals surface area contributed by atoms with E-state index >= 15 is 0 Å². The van der Waals surface area contributed by atoms with Crippen molar-refractivity contribution in [2.24, 2.45) is 0 Å². The molecule has 2 rings (SSSR count). The molecule has 8 nitrogen and oxygen atoms in total. The van der Waals surface area contributed by atoms with Gasteiger partial charge in [0.1, 0.15) is 12.4 Å². The third kappa shape index (κ3) is 11.3. The number of carboxylic acid groups (broad SMARTS) is 2. The Morgan fingerprint density at radius 1 is 0.969 bits per heavy atom. The number of halogens is 1. The third-order valence-corrected chi connectivity index (χ3v) is 4.02. The van der Waals surface area contributed by atoms with Gasteiger partial charge >= 0.3 is 11.9 Å². The average Bonchev–Trinajstić information content (AvgIpc) is 2.74. The van der Waals surface area contributed by atoms with E-state index in [1.165, 1.54) is 12.1 Å². The van der Waals surface area contributed by atoms with Crippen LogP contribution >= 0.6 is 0 Å². The molecule has 176 valence electrons. The van der Waals surface area contributed by atoms with Gasteiger partial charge < -0.3 is 30.1 Å². The molecule has 2 aromatic rings. The Morgan fingerprint density at radius 2 is 1.56 bits per heavy atom. The minimum atomic E-state index is -1.82. The molecule has 4 N–H and O–H groups in total. The number of aliphatic hydroxyl groups excluding tert-OH is 1. The van der Waals surface area contributed by atoms with Crippen LogP contribution in [-0.2, 0) is 9.59 Å². The van der Waals surface area contributed by atoms with Crippen LogP contribution in [0.2, 0.25) is 0 Å². The van der Waals surface area contributed by atoms with E-state index in [9.17, 15) is 9.50 Å². The number of aliphatic hydroxyl groups is 1. The number of para-hydroxylation sites is 2. The summed E-state index contributed by atoms with van der Waals surface area (Å²) in [6, 6.07) is 13.6. The van der Waals surface area contributed by atoms with Gasteiger partial charge in [-0.3, -0.25) is 0 Å². The first-order valence-corrected chi connectivity index (χ1v) is 10.2. The minimum Gasteiger partial charge on any atom is -0.488 e. The molecule has 0 aliphatic heterocycles. The fraction of sp³-hybridized carbons (Fsp3) is 0.391. The third-order valence-electron chi connectivity index (χ3n) is 4.02. The van der Waals surface area contributed by atoms with Gasteiger partial charge in [0.25, 0.3) is 0 Å². The zero-order chi connectivity index (χ0) is 23.9. The number of benzene rings is 2. The zero-order valence-electron chi connectivity index (χ0n) is 18.2. The summed E-state index contributed by atoms with van der Waals surface area (Å²) in [6.45, 7) is 6.00. The van der Waals surface area contributed by atoms with E-state index in [1.54, 1.807) is 12.1 Å². The van der Waals surface area contributed by atoms with Crippen molar-refractivity contribution >= 4 is 11.9 Å². The second kappa shape index (κ2) is 14.8.